The van der Waals surface area contributed by atoms with Gasteiger partial charge >= 0.3 is 0 Å². The van der Waals surface area contributed by atoms with Gasteiger partial charge in [0.15, 0.2) is 0 Å². The summed E-state index contributed by atoms with van der Waals surface area (Å²) in [4.78, 5) is 8.24. The molecule has 0 unspecified atom stereocenters. The number of hydrogen-bond donors (Lipinski definition) is 0. The van der Waals surface area contributed by atoms with Gasteiger partial charge < -0.3 is 0 Å². The number of nitrogens with zero attached hydrogens (tertiary/aromatic N) is 2. The van der Waals surface area contributed by atoms with Crippen LogP contribution in [-0.2, 0) is 0 Å². The number of rotatable bonds is 1. The van der Waals surface area contributed by atoms with Gasteiger partial charge in [0.1, 0.15) is 5.15 Å². The van der Waals surface area contributed by atoms with Crippen molar-refractivity contribution < 1.29 is 0 Å². The second-order valence-electron chi connectivity index (χ2n) is 2.68. The van der Waals surface area contributed by atoms with E-state index in [1.807, 2.05) is 24.3 Å². The normalized spacial score (nSPS) is 10.1. The molecule has 2 aromatic rings. The number of aromatic nitrogens is 2. The zero-order valence-corrected chi connectivity index (χ0v) is 9.46. The van der Waals surface area contributed by atoms with Crippen molar-refractivity contribution in [1.82, 2.24) is 9.97 Å². The smallest absolute Gasteiger partial charge is 0.138 e. The molecule has 0 atom stereocenters. The van der Waals surface area contributed by atoms with Crippen molar-refractivity contribution in [2.24, 2.45) is 0 Å². The summed E-state index contributed by atoms with van der Waals surface area (Å²) >= 11 is 9.38. The monoisotopic (exact) mass is 268 g/mol. The van der Waals surface area contributed by atoms with Crippen LogP contribution in [0.25, 0.3) is 11.3 Å². The van der Waals surface area contributed by atoms with Gasteiger partial charge in [0.25, 0.3) is 0 Å². The van der Waals surface area contributed by atoms with Gasteiger partial charge in [-0.2, -0.15) is 0 Å². The first-order valence-corrected chi connectivity index (χ1v) is 5.17. The zero-order valence-electron chi connectivity index (χ0n) is 7.11. The van der Waals surface area contributed by atoms with Crippen molar-refractivity contribution in [2.75, 3.05) is 0 Å². The molecule has 0 aliphatic carbocycles. The first-order chi connectivity index (χ1) is 6.79. The summed E-state index contributed by atoms with van der Waals surface area (Å²) in [6, 6.07) is 7.51. The molecule has 2 heterocycles. The van der Waals surface area contributed by atoms with E-state index in [2.05, 4.69) is 25.9 Å². The molecule has 0 aliphatic heterocycles. The molecule has 14 heavy (non-hydrogen) atoms. The molecular formula is C10H6BrClN2. The fourth-order valence-corrected chi connectivity index (χ4v) is 1.82. The average Bonchev–Trinajstić information content (AvgIpc) is 2.20. The van der Waals surface area contributed by atoms with Crippen molar-refractivity contribution in [3.05, 3.63) is 46.3 Å². The third kappa shape index (κ3) is 1.79. The minimum absolute atomic E-state index is 0.465. The highest BCUT2D eigenvalue weighted by Crippen LogP contribution is 2.29. The Bertz CT molecular complexity index is 416. The molecule has 0 spiro atoms. The Kier molecular flexibility index (Phi) is 2.79. The standard InChI is InChI=1S/C10H6BrClN2/c11-8-4-2-5-13-9(8)7-3-1-6-14-10(7)12/h1-6H. The molecule has 2 nitrogen and oxygen atoms in total. The summed E-state index contributed by atoms with van der Waals surface area (Å²) < 4.78 is 0.912. The van der Waals surface area contributed by atoms with E-state index in [4.69, 9.17) is 11.6 Å². The van der Waals surface area contributed by atoms with E-state index >= 15 is 0 Å². The highest BCUT2D eigenvalue weighted by molar-refractivity contribution is 9.10. The van der Waals surface area contributed by atoms with Crippen LogP contribution in [0.2, 0.25) is 5.15 Å². The van der Waals surface area contributed by atoms with Crippen molar-refractivity contribution in [2.45, 2.75) is 0 Å². The van der Waals surface area contributed by atoms with Crippen LogP contribution in [0.1, 0.15) is 0 Å². The SMILES string of the molecule is Clc1ncccc1-c1ncccc1Br. The lowest BCUT2D eigenvalue weighted by molar-refractivity contribution is 1.27. The highest BCUT2D eigenvalue weighted by Gasteiger charge is 2.07. The van der Waals surface area contributed by atoms with Crippen LogP contribution in [0.15, 0.2) is 41.1 Å². The Hall–Kier alpha value is -0.930. The Balaban J connectivity index is 2.61. The maximum absolute atomic E-state index is 5.96. The van der Waals surface area contributed by atoms with Crippen molar-refractivity contribution in [1.29, 1.82) is 0 Å². The molecule has 0 aromatic carbocycles. The first kappa shape index (κ1) is 9.62. The van der Waals surface area contributed by atoms with Crippen molar-refractivity contribution >= 4 is 27.5 Å². The molecule has 2 rings (SSSR count). The molecule has 4 heteroatoms. The van der Waals surface area contributed by atoms with Crippen LogP contribution in [-0.4, -0.2) is 9.97 Å². The largest absolute Gasteiger partial charge is 0.255 e. The van der Waals surface area contributed by atoms with Crippen molar-refractivity contribution in [3.63, 3.8) is 0 Å². The fourth-order valence-electron chi connectivity index (χ4n) is 1.15. The summed E-state index contributed by atoms with van der Waals surface area (Å²) in [6.07, 6.45) is 3.38. The molecule has 0 fully saturated rings. The molecule has 2 aromatic heterocycles. The second-order valence-corrected chi connectivity index (χ2v) is 3.89. The van der Waals surface area contributed by atoms with E-state index in [0.29, 0.717) is 5.15 Å². The van der Waals surface area contributed by atoms with Crippen LogP contribution in [0.3, 0.4) is 0 Å². The highest BCUT2D eigenvalue weighted by atomic mass is 79.9. The lowest BCUT2D eigenvalue weighted by Gasteiger charge is -2.03. The van der Waals surface area contributed by atoms with E-state index < -0.39 is 0 Å². The van der Waals surface area contributed by atoms with E-state index in [0.717, 1.165) is 15.7 Å². The van der Waals surface area contributed by atoms with Gasteiger partial charge in [-0.1, -0.05) is 11.6 Å². The summed E-state index contributed by atoms with van der Waals surface area (Å²) in [5, 5.41) is 0.465. The number of pyridine rings is 2. The van der Waals surface area contributed by atoms with Crippen LogP contribution >= 0.6 is 27.5 Å². The number of hydrogen-bond acceptors (Lipinski definition) is 2. The summed E-state index contributed by atoms with van der Waals surface area (Å²) in [5.41, 5.74) is 1.65. The quantitative estimate of drug-likeness (QED) is 0.740. The fraction of sp³-hybridized carbons (Fsp3) is 0. The molecule has 0 saturated heterocycles. The summed E-state index contributed by atoms with van der Waals surface area (Å²) in [6.45, 7) is 0. The maximum atomic E-state index is 5.96. The third-order valence-electron chi connectivity index (χ3n) is 1.77. The Morgan fingerprint density at radius 3 is 2.50 bits per heavy atom. The molecule has 0 saturated carbocycles. The van der Waals surface area contributed by atoms with Gasteiger partial charge in [-0.25, -0.2) is 4.98 Å². The maximum Gasteiger partial charge on any atom is 0.138 e. The zero-order chi connectivity index (χ0) is 9.97. The van der Waals surface area contributed by atoms with Gasteiger partial charge in [0.2, 0.25) is 0 Å². The van der Waals surface area contributed by atoms with Crippen LogP contribution in [0.4, 0.5) is 0 Å². The summed E-state index contributed by atoms with van der Waals surface area (Å²) in [7, 11) is 0. The topological polar surface area (TPSA) is 25.8 Å². The van der Waals surface area contributed by atoms with E-state index in [1.54, 1.807) is 12.4 Å². The van der Waals surface area contributed by atoms with E-state index in [9.17, 15) is 0 Å². The van der Waals surface area contributed by atoms with Gasteiger partial charge in [-0.3, -0.25) is 4.98 Å². The molecule has 0 radical (unpaired) electrons. The van der Waals surface area contributed by atoms with Gasteiger partial charge in [0, 0.05) is 22.4 Å². The van der Waals surface area contributed by atoms with E-state index in [-0.39, 0.29) is 0 Å². The van der Waals surface area contributed by atoms with Gasteiger partial charge in [0.05, 0.1) is 5.69 Å². The first-order valence-electron chi connectivity index (χ1n) is 4.00. The van der Waals surface area contributed by atoms with Crippen LogP contribution in [0.5, 0.6) is 0 Å². The Labute approximate surface area is 95.1 Å². The second kappa shape index (κ2) is 4.07. The molecule has 0 aliphatic rings. The predicted molar refractivity (Wildman–Crippen MR) is 60.2 cm³/mol. The lowest BCUT2D eigenvalue weighted by atomic mass is 10.2. The molecule has 70 valence electrons. The Morgan fingerprint density at radius 1 is 1.07 bits per heavy atom. The molecular weight excluding hydrogens is 263 g/mol. The predicted octanol–water partition coefficient (Wildman–Crippen LogP) is 3.56. The lowest BCUT2D eigenvalue weighted by Crippen LogP contribution is -1.86. The molecule has 0 N–H and O–H groups in total. The van der Waals surface area contributed by atoms with E-state index in [1.165, 1.54) is 0 Å². The van der Waals surface area contributed by atoms with Gasteiger partial charge in [-0.05, 0) is 40.2 Å². The molecule has 0 amide bonds. The van der Waals surface area contributed by atoms with Crippen LogP contribution < -0.4 is 0 Å². The Morgan fingerprint density at radius 2 is 1.79 bits per heavy atom. The van der Waals surface area contributed by atoms with Crippen LogP contribution in [0, 0.1) is 0 Å². The third-order valence-corrected chi connectivity index (χ3v) is 2.71. The minimum atomic E-state index is 0.465. The molecule has 0 bridgehead atoms. The number of halogens is 2. The van der Waals surface area contributed by atoms with Gasteiger partial charge in [-0.15, -0.1) is 0 Å². The average molecular weight is 270 g/mol. The summed E-state index contributed by atoms with van der Waals surface area (Å²) in [5.74, 6) is 0. The van der Waals surface area contributed by atoms with Crippen molar-refractivity contribution in [3.8, 4) is 11.3 Å². The minimum Gasteiger partial charge on any atom is -0.255 e.